The van der Waals surface area contributed by atoms with Gasteiger partial charge in [-0.25, -0.2) is 0 Å². The summed E-state index contributed by atoms with van der Waals surface area (Å²) in [6.07, 6.45) is 0.475. The van der Waals surface area contributed by atoms with Crippen LogP contribution in [-0.2, 0) is 0 Å². The van der Waals surface area contributed by atoms with Crippen molar-refractivity contribution in [2.75, 3.05) is 7.11 Å². The van der Waals surface area contributed by atoms with E-state index in [2.05, 4.69) is 5.16 Å². The molecule has 0 fully saturated rings. The van der Waals surface area contributed by atoms with Crippen molar-refractivity contribution in [2.45, 2.75) is 16.6 Å². The highest BCUT2D eigenvalue weighted by atomic mass is 32.2. The van der Waals surface area contributed by atoms with Gasteiger partial charge in [0, 0.05) is 16.6 Å². The first-order valence-electron chi connectivity index (χ1n) is 6.55. The van der Waals surface area contributed by atoms with E-state index >= 15 is 0 Å². The fourth-order valence-electron chi connectivity index (χ4n) is 1.96. The number of hydrogen-bond acceptors (Lipinski definition) is 4. The fraction of sp³-hybridized carbons (Fsp3) is 0.188. The molecule has 5 heteroatoms. The molecule has 0 heterocycles. The van der Waals surface area contributed by atoms with Crippen LogP contribution in [0.15, 0.2) is 64.6 Å². The molecule has 0 radical (unpaired) electrons. The Balaban J connectivity index is 2.23. The van der Waals surface area contributed by atoms with Crippen molar-refractivity contribution >= 4 is 17.6 Å². The number of methoxy groups -OCH3 is 1. The summed E-state index contributed by atoms with van der Waals surface area (Å²) < 4.78 is 5.24. The third-order valence-corrected chi connectivity index (χ3v) is 4.26. The first-order chi connectivity index (χ1) is 10.2. The highest BCUT2D eigenvalue weighted by molar-refractivity contribution is 7.99. The fourth-order valence-corrected chi connectivity index (χ4v) is 3.18. The largest absolute Gasteiger partial charge is 0.497 e. The SMILES string of the molecule is COc1cccc(SC(CC(N)=NO)c2ccccc2)c1. The summed E-state index contributed by atoms with van der Waals surface area (Å²) in [5.74, 6) is 1.04. The van der Waals surface area contributed by atoms with Crippen LogP contribution < -0.4 is 10.5 Å². The summed E-state index contributed by atoms with van der Waals surface area (Å²) in [5, 5.41) is 12.0. The smallest absolute Gasteiger partial charge is 0.140 e. The first-order valence-corrected chi connectivity index (χ1v) is 7.43. The molecule has 2 rings (SSSR count). The normalized spacial score (nSPS) is 12.9. The van der Waals surface area contributed by atoms with Crippen LogP contribution in [0.4, 0.5) is 0 Å². The zero-order chi connectivity index (χ0) is 15.1. The maximum atomic E-state index is 8.81. The number of benzene rings is 2. The predicted octanol–water partition coefficient (Wildman–Crippen LogP) is 3.67. The minimum absolute atomic E-state index is 0.0780. The van der Waals surface area contributed by atoms with Gasteiger partial charge in [0.05, 0.1) is 7.11 Å². The van der Waals surface area contributed by atoms with E-state index < -0.39 is 0 Å². The van der Waals surface area contributed by atoms with Crippen molar-refractivity contribution in [3.63, 3.8) is 0 Å². The summed E-state index contributed by atoms with van der Waals surface area (Å²) in [6, 6.07) is 17.9. The monoisotopic (exact) mass is 302 g/mol. The highest BCUT2D eigenvalue weighted by Gasteiger charge is 2.15. The number of oxime groups is 1. The zero-order valence-corrected chi connectivity index (χ0v) is 12.6. The molecule has 0 amide bonds. The second-order valence-corrected chi connectivity index (χ2v) is 5.77. The lowest BCUT2D eigenvalue weighted by molar-refractivity contribution is 0.317. The van der Waals surface area contributed by atoms with Crippen molar-refractivity contribution in [1.29, 1.82) is 0 Å². The average molecular weight is 302 g/mol. The van der Waals surface area contributed by atoms with Gasteiger partial charge in [-0.1, -0.05) is 41.6 Å². The third-order valence-electron chi connectivity index (χ3n) is 3.01. The van der Waals surface area contributed by atoms with Gasteiger partial charge in [0.2, 0.25) is 0 Å². The topological polar surface area (TPSA) is 67.8 Å². The molecule has 0 spiro atoms. The number of amidine groups is 1. The van der Waals surface area contributed by atoms with E-state index in [1.54, 1.807) is 18.9 Å². The number of nitrogens with zero attached hydrogens (tertiary/aromatic N) is 1. The first kappa shape index (κ1) is 15.3. The Labute approximate surface area is 128 Å². The minimum Gasteiger partial charge on any atom is -0.497 e. The van der Waals surface area contributed by atoms with Gasteiger partial charge in [-0.05, 0) is 23.8 Å². The molecule has 0 saturated carbocycles. The highest BCUT2D eigenvalue weighted by Crippen LogP contribution is 2.38. The quantitative estimate of drug-likeness (QED) is 0.281. The van der Waals surface area contributed by atoms with Crippen LogP contribution in [0.5, 0.6) is 5.75 Å². The Bertz CT molecular complexity index is 602. The summed E-state index contributed by atoms with van der Waals surface area (Å²) >= 11 is 1.66. The Kier molecular flexibility index (Phi) is 5.51. The maximum Gasteiger partial charge on any atom is 0.140 e. The molecule has 2 aromatic rings. The lowest BCUT2D eigenvalue weighted by Crippen LogP contribution is -2.14. The summed E-state index contributed by atoms with van der Waals surface area (Å²) in [7, 11) is 1.65. The van der Waals surface area contributed by atoms with E-state index in [9.17, 15) is 0 Å². The van der Waals surface area contributed by atoms with Gasteiger partial charge in [0.15, 0.2) is 0 Å². The molecule has 0 aliphatic rings. The van der Waals surface area contributed by atoms with Crippen molar-refractivity contribution in [1.82, 2.24) is 0 Å². The zero-order valence-electron chi connectivity index (χ0n) is 11.8. The number of nitrogens with two attached hydrogens (primary N) is 1. The Morgan fingerprint density at radius 2 is 2.00 bits per heavy atom. The molecule has 110 valence electrons. The molecule has 0 aliphatic heterocycles. The number of rotatable bonds is 6. The van der Waals surface area contributed by atoms with Crippen molar-refractivity contribution < 1.29 is 9.94 Å². The molecule has 3 N–H and O–H groups in total. The predicted molar refractivity (Wildman–Crippen MR) is 86.1 cm³/mol. The van der Waals surface area contributed by atoms with Crippen LogP contribution in [0.3, 0.4) is 0 Å². The number of hydrogen-bond donors (Lipinski definition) is 2. The van der Waals surface area contributed by atoms with Crippen LogP contribution in [0.2, 0.25) is 0 Å². The van der Waals surface area contributed by atoms with E-state index in [4.69, 9.17) is 15.7 Å². The Morgan fingerprint density at radius 1 is 1.24 bits per heavy atom. The maximum absolute atomic E-state index is 8.81. The molecule has 2 aromatic carbocycles. The summed E-state index contributed by atoms with van der Waals surface area (Å²) in [4.78, 5) is 1.08. The van der Waals surface area contributed by atoms with Crippen LogP contribution in [0.1, 0.15) is 17.2 Å². The number of thioether (sulfide) groups is 1. The minimum atomic E-state index is 0.0780. The standard InChI is InChI=1S/C16H18N2O2S/c1-20-13-8-5-9-14(10-13)21-15(11-16(17)18-19)12-6-3-2-4-7-12/h2-10,15,19H,11H2,1H3,(H2,17,18). The molecule has 21 heavy (non-hydrogen) atoms. The molecule has 0 aliphatic carbocycles. The second kappa shape index (κ2) is 7.59. The van der Waals surface area contributed by atoms with Gasteiger partial charge >= 0.3 is 0 Å². The molecular weight excluding hydrogens is 284 g/mol. The van der Waals surface area contributed by atoms with Gasteiger partial charge in [-0.15, -0.1) is 11.8 Å². The van der Waals surface area contributed by atoms with E-state index in [0.29, 0.717) is 6.42 Å². The molecule has 0 aromatic heterocycles. The van der Waals surface area contributed by atoms with E-state index in [-0.39, 0.29) is 11.1 Å². The molecule has 4 nitrogen and oxygen atoms in total. The van der Waals surface area contributed by atoms with Gasteiger partial charge in [-0.2, -0.15) is 0 Å². The second-order valence-electron chi connectivity index (χ2n) is 4.49. The van der Waals surface area contributed by atoms with Gasteiger partial charge in [0.1, 0.15) is 11.6 Å². The van der Waals surface area contributed by atoms with Gasteiger partial charge in [-0.3, -0.25) is 0 Å². The van der Waals surface area contributed by atoms with Crippen LogP contribution in [0.25, 0.3) is 0 Å². The Hall–Kier alpha value is -2.14. The van der Waals surface area contributed by atoms with Crippen LogP contribution >= 0.6 is 11.8 Å². The van der Waals surface area contributed by atoms with Crippen molar-refractivity contribution in [3.8, 4) is 5.75 Å². The van der Waals surface area contributed by atoms with Crippen LogP contribution in [0, 0.1) is 0 Å². The molecule has 1 unspecified atom stereocenters. The molecule has 0 bridgehead atoms. The molecule has 0 saturated heterocycles. The lowest BCUT2D eigenvalue weighted by Gasteiger charge is -2.16. The van der Waals surface area contributed by atoms with E-state index in [1.807, 2.05) is 54.6 Å². The van der Waals surface area contributed by atoms with E-state index in [0.717, 1.165) is 16.2 Å². The Morgan fingerprint density at radius 3 is 2.67 bits per heavy atom. The van der Waals surface area contributed by atoms with Crippen molar-refractivity contribution in [2.24, 2.45) is 10.9 Å². The van der Waals surface area contributed by atoms with Crippen LogP contribution in [-0.4, -0.2) is 18.2 Å². The lowest BCUT2D eigenvalue weighted by atomic mass is 10.1. The van der Waals surface area contributed by atoms with Gasteiger partial charge < -0.3 is 15.7 Å². The third kappa shape index (κ3) is 4.43. The number of ether oxygens (including phenoxy) is 1. The molecule has 1 atom stereocenters. The van der Waals surface area contributed by atoms with E-state index in [1.165, 1.54) is 0 Å². The van der Waals surface area contributed by atoms with Gasteiger partial charge in [0.25, 0.3) is 0 Å². The summed E-state index contributed by atoms with van der Waals surface area (Å²) in [5.41, 5.74) is 6.82. The average Bonchev–Trinajstić information content (AvgIpc) is 2.55. The molecular formula is C16H18N2O2S. The van der Waals surface area contributed by atoms with Crippen molar-refractivity contribution in [3.05, 3.63) is 60.2 Å². The summed E-state index contributed by atoms with van der Waals surface area (Å²) in [6.45, 7) is 0.